The molecule has 0 N–H and O–H groups in total. The van der Waals surface area contributed by atoms with Crippen molar-refractivity contribution in [3.8, 4) is 33.4 Å². The van der Waals surface area contributed by atoms with E-state index in [2.05, 4.69) is 195 Å². The zero-order valence-corrected chi connectivity index (χ0v) is 29.4. The van der Waals surface area contributed by atoms with Crippen LogP contribution in [0, 0.1) is 0 Å². The number of hydrogen-bond donors (Lipinski definition) is 0. The lowest BCUT2D eigenvalue weighted by Crippen LogP contribution is -2.16. The van der Waals surface area contributed by atoms with Gasteiger partial charge in [0.1, 0.15) is 0 Å². The Hall–Kier alpha value is -5.96. The van der Waals surface area contributed by atoms with Gasteiger partial charge in [0, 0.05) is 32.3 Å². The Morgan fingerprint density at radius 1 is 0.412 bits per heavy atom. The highest BCUT2D eigenvalue weighted by Crippen LogP contribution is 2.52. The molecule has 9 aromatic rings. The summed E-state index contributed by atoms with van der Waals surface area (Å²) in [6.07, 6.45) is 0. The molecule has 1 heterocycles. The van der Waals surface area contributed by atoms with E-state index in [1.165, 1.54) is 86.8 Å². The van der Waals surface area contributed by atoms with Gasteiger partial charge in [0.15, 0.2) is 0 Å². The first-order valence-corrected chi connectivity index (χ1v) is 18.5. The molecular formula is C49H35NS. The molecule has 10 rings (SSSR count). The van der Waals surface area contributed by atoms with Crippen LogP contribution in [0.1, 0.15) is 25.0 Å². The topological polar surface area (TPSA) is 3.24 Å². The highest BCUT2D eigenvalue weighted by atomic mass is 32.1. The van der Waals surface area contributed by atoms with Crippen molar-refractivity contribution in [2.75, 3.05) is 4.90 Å². The molecule has 0 fully saturated rings. The summed E-state index contributed by atoms with van der Waals surface area (Å²) < 4.78 is 2.64. The Kier molecular flexibility index (Phi) is 6.78. The lowest BCUT2D eigenvalue weighted by atomic mass is 9.82. The zero-order valence-electron chi connectivity index (χ0n) is 28.6. The third kappa shape index (κ3) is 4.75. The van der Waals surface area contributed by atoms with Crippen LogP contribution >= 0.6 is 11.3 Å². The lowest BCUT2D eigenvalue weighted by molar-refractivity contribution is 0.660. The van der Waals surface area contributed by atoms with Gasteiger partial charge in [0.05, 0.1) is 10.4 Å². The van der Waals surface area contributed by atoms with Gasteiger partial charge in [-0.2, -0.15) is 0 Å². The fourth-order valence-electron chi connectivity index (χ4n) is 8.23. The van der Waals surface area contributed by atoms with Gasteiger partial charge in [-0.25, -0.2) is 0 Å². The summed E-state index contributed by atoms with van der Waals surface area (Å²) in [4.78, 5) is 2.47. The van der Waals surface area contributed by atoms with Crippen molar-refractivity contribution in [1.82, 2.24) is 0 Å². The van der Waals surface area contributed by atoms with Crippen LogP contribution in [0.5, 0.6) is 0 Å². The molecular weight excluding hydrogens is 635 g/mol. The van der Waals surface area contributed by atoms with Gasteiger partial charge in [-0.1, -0.05) is 159 Å². The standard InChI is InChI=1S/C49H35NS/c1-49(2)44-17-9-8-15-40(44)41-30-28-38(31-45(41)49)50(37-26-23-35(24-27-37)34-21-19-33(20-22-34)32-11-4-3-5-12-32)46-18-10-16-42-43-29-25-36-13-6-7-14-39(36)47(43)51-48(42)46/h3-31H,1-2H3. The van der Waals surface area contributed by atoms with Gasteiger partial charge >= 0.3 is 0 Å². The van der Waals surface area contributed by atoms with Crippen LogP contribution in [-0.4, -0.2) is 0 Å². The molecule has 1 nitrogen and oxygen atoms in total. The predicted octanol–water partition coefficient (Wildman–Crippen LogP) is 14.3. The van der Waals surface area contributed by atoms with Gasteiger partial charge in [0.25, 0.3) is 0 Å². The molecule has 51 heavy (non-hydrogen) atoms. The largest absolute Gasteiger partial charge is 0.309 e. The molecule has 1 aliphatic rings. The first-order chi connectivity index (χ1) is 25.0. The molecule has 1 aromatic heterocycles. The van der Waals surface area contributed by atoms with Crippen LogP contribution < -0.4 is 4.90 Å². The summed E-state index contributed by atoms with van der Waals surface area (Å²) >= 11 is 1.91. The third-order valence-electron chi connectivity index (χ3n) is 10.9. The Morgan fingerprint density at radius 2 is 1.00 bits per heavy atom. The monoisotopic (exact) mass is 669 g/mol. The van der Waals surface area contributed by atoms with Crippen molar-refractivity contribution in [2.24, 2.45) is 0 Å². The average molecular weight is 670 g/mol. The molecule has 0 spiro atoms. The quantitative estimate of drug-likeness (QED) is 0.176. The van der Waals surface area contributed by atoms with E-state index in [0.29, 0.717) is 0 Å². The van der Waals surface area contributed by atoms with Crippen LogP contribution in [0.25, 0.3) is 64.3 Å². The Balaban J connectivity index is 1.13. The van der Waals surface area contributed by atoms with Crippen LogP contribution in [0.4, 0.5) is 17.1 Å². The van der Waals surface area contributed by atoms with E-state index in [-0.39, 0.29) is 5.41 Å². The molecule has 0 aliphatic heterocycles. The maximum absolute atomic E-state index is 2.47. The maximum Gasteiger partial charge on any atom is 0.0640 e. The van der Waals surface area contributed by atoms with Gasteiger partial charge in [-0.05, 0) is 85.6 Å². The molecule has 8 aromatic carbocycles. The van der Waals surface area contributed by atoms with Crippen LogP contribution in [0.2, 0.25) is 0 Å². The Labute approximate surface area is 302 Å². The summed E-state index contributed by atoms with van der Waals surface area (Å²) in [6, 6.07) is 64.7. The second-order valence-corrected chi connectivity index (χ2v) is 15.2. The molecule has 0 saturated heterocycles. The fraction of sp³-hybridized carbons (Fsp3) is 0.0612. The summed E-state index contributed by atoms with van der Waals surface area (Å²) in [7, 11) is 0. The molecule has 1 aliphatic carbocycles. The molecule has 0 amide bonds. The van der Waals surface area contributed by atoms with E-state index in [9.17, 15) is 0 Å². The summed E-state index contributed by atoms with van der Waals surface area (Å²) in [5, 5.41) is 5.21. The molecule has 242 valence electrons. The van der Waals surface area contributed by atoms with Crippen molar-refractivity contribution in [3.05, 3.63) is 187 Å². The molecule has 2 heteroatoms. The summed E-state index contributed by atoms with van der Waals surface area (Å²) in [5.74, 6) is 0. The van der Waals surface area contributed by atoms with Gasteiger partial charge < -0.3 is 4.90 Å². The van der Waals surface area contributed by atoms with Crippen molar-refractivity contribution < 1.29 is 0 Å². The minimum absolute atomic E-state index is 0.0914. The molecule has 0 bridgehead atoms. The van der Waals surface area contributed by atoms with Crippen molar-refractivity contribution in [3.63, 3.8) is 0 Å². The van der Waals surface area contributed by atoms with Crippen LogP contribution in [0.3, 0.4) is 0 Å². The van der Waals surface area contributed by atoms with E-state index >= 15 is 0 Å². The smallest absolute Gasteiger partial charge is 0.0640 e. The summed E-state index contributed by atoms with van der Waals surface area (Å²) in [6.45, 7) is 4.73. The van der Waals surface area contributed by atoms with E-state index < -0.39 is 0 Å². The Bertz CT molecular complexity index is 2750. The van der Waals surface area contributed by atoms with Crippen LogP contribution in [0.15, 0.2) is 176 Å². The van der Waals surface area contributed by atoms with Crippen molar-refractivity contribution in [1.29, 1.82) is 0 Å². The first-order valence-electron chi connectivity index (χ1n) is 17.7. The van der Waals surface area contributed by atoms with Crippen molar-refractivity contribution in [2.45, 2.75) is 19.3 Å². The van der Waals surface area contributed by atoms with E-state index in [1.54, 1.807) is 0 Å². The lowest BCUT2D eigenvalue weighted by Gasteiger charge is -2.28. The van der Waals surface area contributed by atoms with E-state index in [1.807, 2.05) is 11.3 Å². The SMILES string of the molecule is CC1(C)c2ccccc2-c2ccc(N(c3ccc(-c4ccc(-c5ccccc5)cc4)cc3)c3cccc4c3sc3c5ccccc5ccc43)cc21. The number of benzene rings is 8. The number of nitrogens with zero attached hydrogens (tertiary/aromatic N) is 1. The average Bonchev–Trinajstić information content (AvgIpc) is 3.69. The van der Waals surface area contributed by atoms with E-state index in [4.69, 9.17) is 0 Å². The van der Waals surface area contributed by atoms with E-state index in [0.717, 1.165) is 5.69 Å². The summed E-state index contributed by atoms with van der Waals surface area (Å²) in [5.41, 5.74) is 13.7. The number of thiophene rings is 1. The zero-order chi connectivity index (χ0) is 34.1. The van der Waals surface area contributed by atoms with Gasteiger partial charge in [-0.3, -0.25) is 0 Å². The second-order valence-electron chi connectivity index (χ2n) is 14.1. The number of anilines is 3. The van der Waals surface area contributed by atoms with Gasteiger partial charge in [0.2, 0.25) is 0 Å². The predicted molar refractivity (Wildman–Crippen MR) is 220 cm³/mol. The molecule has 0 radical (unpaired) electrons. The first kappa shape index (κ1) is 29.9. The normalized spacial score (nSPS) is 13.1. The molecule has 0 unspecified atom stereocenters. The maximum atomic E-state index is 2.47. The van der Waals surface area contributed by atoms with Crippen LogP contribution in [-0.2, 0) is 5.41 Å². The molecule has 0 saturated carbocycles. The number of rotatable bonds is 5. The number of hydrogen-bond acceptors (Lipinski definition) is 2. The second kappa shape index (κ2) is 11.6. The van der Waals surface area contributed by atoms with Gasteiger partial charge in [-0.15, -0.1) is 11.3 Å². The minimum atomic E-state index is -0.0914. The highest BCUT2D eigenvalue weighted by molar-refractivity contribution is 7.27. The Morgan fingerprint density at radius 3 is 1.78 bits per heavy atom. The minimum Gasteiger partial charge on any atom is -0.309 e. The highest BCUT2D eigenvalue weighted by Gasteiger charge is 2.35. The van der Waals surface area contributed by atoms with Crippen molar-refractivity contribution >= 4 is 59.3 Å². The fourth-order valence-corrected chi connectivity index (χ4v) is 9.57. The third-order valence-corrected chi connectivity index (χ3v) is 12.2. The number of fused-ring (bicyclic) bond motifs is 8. The molecule has 0 atom stereocenters.